The maximum atomic E-state index is 6.66. The van der Waals surface area contributed by atoms with Gasteiger partial charge in [0.05, 0.1) is 35.4 Å². The third kappa shape index (κ3) is 3.61. The Morgan fingerprint density at radius 3 is 2.48 bits per heavy atom. The zero-order valence-corrected chi connectivity index (χ0v) is 19.4. The van der Waals surface area contributed by atoms with Crippen molar-refractivity contribution in [2.24, 2.45) is 0 Å². The van der Waals surface area contributed by atoms with E-state index in [2.05, 4.69) is 72.3 Å². The molecule has 2 aliphatic heterocycles. The van der Waals surface area contributed by atoms with Crippen LogP contribution in [0.5, 0.6) is 6.01 Å². The number of hydrogen-bond donors (Lipinski definition) is 1. The fourth-order valence-corrected chi connectivity index (χ4v) is 5.11. The number of hydrogen-bond acceptors (Lipinski definition) is 4. The molecular formula is C27H25ClN2O3. The zero-order chi connectivity index (χ0) is 22.6. The van der Waals surface area contributed by atoms with E-state index in [1.54, 1.807) is 0 Å². The summed E-state index contributed by atoms with van der Waals surface area (Å²) in [6, 6.07) is 21.3. The Bertz CT molecular complexity index is 1320. The molecule has 33 heavy (non-hydrogen) atoms. The Balaban J connectivity index is 1.27. The lowest BCUT2D eigenvalue weighted by atomic mass is 9.96. The molecule has 0 radical (unpaired) electrons. The Labute approximate surface area is 197 Å². The topological polar surface area (TPSA) is 56.4 Å². The van der Waals surface area contributed by atoms with Crippen LogP contribution < -0.4 is 4.74 Å². The Hall–Kier alpha value is -2.86. The minimum absolute atomic E-state index is 0.0795. The molecule has 6 rings (SSSR count). The van der Waals surface area contributed by atoms with Crippen molar-refractivity contribution in [3.63, 3.8) is 0 Å². The van der Waals surface area contributed by atoms with E-state index in [1.165, 1.54) is 16.7 Å². The maximum Gasteiger partial charge on any atom is 0.295 e. The number of halogens is 1. The van der Waals surface area contributed by atoms with Crippen molar-refractivity contribution in [3.05, 3.63) is 71.2 Å². The lowest BCUT2D eigenvalue weighted by Gasteiger charge is -2.27. The molecule has 3 aromatic carbocycles. The molecule has 0 aliphatic carbocycles. The highest BCUT2D eigenvalue weighted by Crippen LogP contribution is 2.39. The lowest BCUT2D eigenvalue weighted by molar-refractivity contribution is -0.0551. The van der Waals surface area contributed by atoms with Crippen LogP contribution in [0.3, 0.4) is 0 Å². The van der Waals surface area contributed by atoms with Crippen molar-refractivity contribution in [2.45, 2.75) is 38.1 Å². The van der Waals surface area contributed by atoms with E-state index in [4.69, 9.17) is 25.8 Å². The van der Waals surface area contributed by atoms with Crippen LogP contribution in [0.15, 0.2) is 60.7 Å². The number of H-pyrrole nitrogens is 1. The Morgan fingerprint density at radius 1 is 1.03 bits per heavy atom. The standard InChI is InChI=1S/C27H25ClN2O3/c1-16-3-5-17(6-4-16)18-7-9-19(10-8-18)20-13-22-23(14-21(20)28)30-26(29-22)33-25-15-31-24-11-12-32-27(24,25)2/h3-10,13-14,24-25H,11-12,15H2,1-2H3,(H,29,30)/t24-,25?,27+/m1/s1. The van der Waals surface area contributed by atoms with Gasteiger partial charge in [0, 0.05) is 5.56 Å². The predicted molar refractivity (Wildman–Crippen MR) is 130 cm³/mol. The SMILES string of the molecule is Cc1ccc(-c2ccc(-c3cc4nc(OC5CO[C@@H]6CCO[C@]56C)[nH]c4cc3Cl)cc2)cc1. The van der Waals surface area contributed by atoms with Gasteiger partial charge in [-0.1, -0.05) is 65.7 Å². The normalized spacial score (nSPS) is 24.3. The molecular weight excluding hydrogens is 436 g/mol. The van der Waals surface area contributed by atoms with Gasteiger partial charge in [0.15, 0.2) is 6.10 Å². The van der Waals surface area contributed by atoms with Crippen molar-refractivity contribution in [1.82, 2.24) is 9.97 Å². The summed E-state index contributed by atoms with van der Waals surface area (Å²) in [4.78, 5) is 7.92. The first-order chi connectivity index (χ1) is 16.0. The predicted octanol–water partition coefficient (Wildman–Crippen LogP) is 6.18. The fourth-order valence-electron chi connectivity index (χ4n) is 4.84. The van der Waals surface area contributed by atoms with Gasteiger partial charge in [0.25, 0.3) is 6.01 Å². The molecule has 1 N–H and O–H groups in total. The largest absolute Gasteiger partial charge is 0.456 e. The van der Waals surface area contributed by atoms with Gasteiger partial charge in [-0.2, -0.15) is 4.98 Å². The van der Waals surface area contributed by atoms with Crippen LogP contribution in [-0.2, 0) is 9.47 Å². The molecule has 0 spiro atoms. The second-order valence-corrected chi connectivity index (χ2v) is 9.49. The second-order valence-electron chi connectivity index (χ2n) is 9.08. The minimum Gasteiger partial charge on any atom is -0.456 e. The minimum atomic E-state index is -0.430. The first-order valence-corrected chi connectivity index (χ1v) is 11.7. The van der Waals surface area contributed by atoms with E-state index < -0.39 is 5.60 Å². The molecule has 6 heteroatoms. The third-order valence-electron chi connectivity index (χ3n) is 6.90. The number of aromatic nitrogens is 2. The van der Waals surface area contributed by atoms with Crippen LogP contribution in [-0.4, -0.2) is 41.0 Å². The second kappa shape index (κ2) is 7.87. The summed E-state index contributed by atoms with van der Waals surface area (Å²) in [6.45, 7) is 5.35. The summed E-state index contributed by atoms with van der Waals surface area (Å²) < 4.78 is 18.0. The summed E-state index contributed by atoms with van der Waals surface area (Å²) in [5.74, 6) is 0. The lowest BCUT2D eigenvalue weighted by Crippen LogP contribution is -2.45. The van der Waals surface area contributed by atoms with Crippen LogP contribution >= 0.6 is 11.6 Å². The number of rotatable bonds is 4. The van der Waals surface area contributed by atoms with Crippen LogP contribution in [0.1, 0.15) is 18.9 Å². The zero-order valence-electron chi connectivity index (χ0n) is 18.6. The van der Waals surface area contributed by atoms with Gasteiger partial charge in [-0.3, -0.25) is 0 Å². The highest BCUT2D eigenvalue weighted by molar-refractivity contribution is 6.34. The highest BCUT2D eigenvalue weighted by Gasteiger charge is 2.54. The Morgan fingerprint density at radius 2 is 1.73 bits per heavy atom. The molecule has 4 aromatic rings. The van der Waals surface area contributed by atoms with Gasteiger partial charge < -0.3 is 19.2 Å². The number of imidazole rings is 1. The monoisotopic (exact) mass is 460 g/mol. The molecule has 1 aromatic heterocycles. The third-order valence-corrected chi connectivity index (χ3v) is 7.22. The highest BCUT2D eigenvalue weighted by atomic mass is 35.5. The molecule has 0 saturated carbocycles. The van der Waals surface area contributed by atoms with E-state index in [9.17, 15) is 0 Å². The Kier molecular flexibility index (Phi) is 4.94. The number of fused-ring (bicyclic) bond motifs is 2. The molecule has 3 atom stereocenters. The fraction of sp³-hybridized carbons (Fsp3) is 0.296. The smallest absolute Gasteiger partial charge is 0.295 e. The van der Waals surface area contributed by atoms with Crippen LogP contribution in [0.4, 0.5) is 0 Å². The van der Waals surface area contributed by atoms with Crippen molar-refractivity contribution >= 4 is 22.6 Å². The van der Waals surface area contributed by atoms with E-state index in [0.29, 0.717) is 24.2 Å². The quantitative estimate of drug-likeness (QED) is 0.395. The van der Waals surface area contributed by atoms with Crippen LogP contribution in [0, 0.1) is 6.92 Å². The van der Waals surface area contributed by atoms with Gasteiger partial charge in [-0.25, -0.2) is 0 Å². The summed E-state index contributed by atoms with van der Waals surface area (Å²) in [7, 11) is 0. The maximum absolute atomic E-state index is 6.66. The molecule has 1 unspecified atom stereocenters. The van der Waals surface area contributed by atoms with E-state index in [-0.39, 0.29) is 12.2 Å². The van der Waals surface area contributed by atoms with Gasteiger partial charge in [0.1, 0.15) is 5.60 Å². The molecule has 5 nitrogen and oxygen atoms in total. The first kappa shape index (κ1) is 20.7. The van der Waals surface area contributed by atoms with E-state index in [0.717, 1.165) is 28.6 Å². The van der Waals surface area contributed by atoms with Gasteiger partial charge in [-0.05, 0) is 49.1 Å². The average Bonchev–Trinajstić information content (AvgIpc) is 3.47. The van der Waals surface area contributed by atoms with Crippen molar-refractivity contribution in [3.8, 4) is 28.3 Å². The first-order valence-electron chi connectivity index (χ1n) is 11.3. The van der Waals surface area contributed by atoms with E-state index in [1.807, 2.05) is 12.1 Å². The number of aromatic amines is 1. The van der Waals surface area contributed by atoms with Crippen LogP contribution in [0.2, 0.25) is 5.02 Å². The molecule has 2 aliphatic rings. The average molecular weight is 461 g/mol. The van der Waals surface area contributed by atoms with Crippen molar-refractivity contribution in [2.75, 3.05) is 13.2 Å². The number of benzene rings is 3. The number of aryl methyl sites for hydroxylation is 1. The molecule has 2 saturated heterocycles. The number of nitrogens with zero attached hydrogens (tertiary/aromatic N) is 1. The van der Waals surface area contributed by atoms with Crippen molar-refractivity contribution in [1.29, 1.82) is 0 Å². The van der Waals surface area contributed by atoms with Gasteiger partial charge in [0.2, 0.25) is 0 Å². The summed E-state index contributed by atoms with van der Waals surface area (Å²) in [6.07, 6.45) is 0.781. The summed E-state index contributed by atoms with van der Waals surface area (Å²) >= 11 is 6.66. The summed E-state index contributed by atoms with van der Waals surface area (Å²) in [5, 5.41) is 0.663. The summed E-state index contributed by atoms with van der Waals surface area (Å²) in [5.41, 5.74) is 6.81. The van der Waals surface area contributed by atoms with Gasteiger partial charge >= 0.3 is 0 Å². The number of nitrogens with one attached hydrogen (secondary N) is 1. The van der Waals surface area contributed by atoms with Crippen molar-refractivity contribution < 1.29 is 14.2 Å². The molecule has 2 fully saturated rings. The molecule has 168 valence electrons. The van der Waals surface area contributed by atoms with Gasteiger partial charge in [-0.15, -0.1) is 0 Å². The number of ether oxygens (including phenoxy) is 3. The molecule has 3 heterocycles. The van der Waals surface area contributed by atoms with E-state index >= 15 is 0 Å². The van der Waals surface area contributed by atoms with Crippen LogP contribution in [0.25, 0.3) is 33.3 Å². The molecule has 0 bridgehead atoms. The molecule has 0 amide bonds.